The Hall–Kier alpha value is -1.82. The van der Waals surface area contributed by atoms with Gasteiger partial charge in [0.05, 0.1) is 18.2 Å². The fourth-order valence-electron chi connectivity index (χ4n) is 2.08. The third-order valence-corrected chi connectivity index (χ3v) is 2.94. The summed E-state index contributed by atoms with van der Waals surface area (Å²) in [5, 5.41) is 12.1. The summed E-state index contributed by atoms with van der Waals surface area (Å²) in [4.78, 5) is 23.3. The van der Waals surface area contributed by atoms with Crippen LogP contribution in [0.25, 0.3) is 0 Å². The van der Waals surface area contributed by atoms with Crippen molar-refractivity contribution in [1.29, 1.82) is 0 Å². The molecular formula is C14H23N3O3. The van der Waals surface area contributed by atoms with Crippen LogP contribution in [0.15, 0.2) is 12.3 Å². The molecule has 1 aromatic heterocycles. The minimum absolute atomic E-state index is 0.00668. The molecular weight excluding hydrogens is 258 g/mol. The Balaban J connectivity index is 2.82. The molecule has 20 heavy (non-hydrogen) atoms. The molecule has 0 aliphatic heterocycles. The average Bonchev–Trinajstić information content (AvgIpc) is 2.68. The van der Waals surface area contributed by atoms with Crippen LogP contribution in [0.5, 0.6) is 0 Å². The highest BCUT2D eigenvalue weighted by molar-refractivity contribution is 5.98. The van der Waals surface area contributed by atoms with Crippen molar-refractivity contribution in [3.8, 4) is 0 Å². The molecule has 0 bridgehead atoms. The van der Waals surface area contributed by atoms with E-state index in [1.807, 2.05) is 20.8 Å². The molecule has 112 valence electrons. The summed E-state index contributed by atoms with van der Waals surface area (Å²) in [5.41, 5.74) is 5.80. The van der Waals surface area contributed by atoms with Crippen LogP contribution in [0.4, 0.5) is 0 Å². The largest absolute Gasteiger partial charge is 0.394 e. The molecule has 4 N–H and O–H groups in total. The van der Waals surface area contributed by atoms with Gasteiger partial charge in [-0.25, -0.2) is 0 Å². The first-order chi connectivity index (χ1) is 9.14. The lowest BCUT2D eigenvalue weighted by atomic mass is 9.88. The predicted octanol–water partition coefficient (Wildman–Crippen LogP) is 0.651. The SMILES string of the molecule is Cn1cc(C(N)=O)cc1C(=O)NC(CO)CC(C)(C)C. The van der Waals surface area contributed by atoms with Crippen LogP contribution >= 0.6 is 0 Å². The quantitative estimate of drug-likeness (QED) is 0.739. The van der Waals surface area contributed by atoms with Crippen molar-refractivity contribution in [2.75, 3.05) is 6.61 Å². The van der Waals surface area contributed by atoms with Crippen molar-refractivity contribution in [1.82, 2.24) is 9.88 Å². The van der Waals surface area contributed by atoms with E-state index in [1.165, 1.54) is 12.3 Å². The molecule has 2 amide bonds. The van der Waals surface area contributed by atoms with Gasteiger partial charge in [0.2, 0.25) is 5.91 Å². The van der Waals surface area contributed by atoms with Gasteiger partial charge in [-0.15, -0.1) is 0 Å². The molecule has 0 aliphatic rings. The fraction of sp³-hybridized carbons (Fsp3) is 0.571. The van der Waals surface area contributed by atoms with E-state index in [0.29, 0.717) is 12.1 Å². The maximum Gasteiger partial charge on any atom is 0.268 e. The Bertz CT molecular complexity index is 500. The molecule has 0 saturated heterocycles. The van der Waals surface area contributed by atoms with Crippen LogP contribution in [-0.4, -0.2) is 34.1 Å². The lowest BCUT2D eigenvalue weighted by Gasteiger charge is -2.25. The maximum absolute atomic E-state index is 12.2. The van der Waals surface area contributed by atoms with E-state index in [2.05, 4.69) is 5.32 Å². The zero-order valence-corrected chi connectivity index (χ0v) is 12.4. The normalized spacial score (nSPS) is 13.1. The van der Waals surface area contributed by atoms with Crippen molar-refractivity contribution < 1.29 is 14.7 Å². The van der Waals surface area contributed by atoms with Gasteiger partial charge < -0.3 is 20.7 Å². The summed E-state index contributed by atoms with van der Waals surface area (Å²) in [5.74, 6) is -0.906. The first-order valence-corrected chi connectivity index (χ1v) is 6.52. The molecule has 0 aliphatic carbocycles. The Morgan fingerprint density at radius 1 is 1.45 bits per heavy atom. The zero-order chi connectivity index (χ0) is 15.5. The van der Waals surface area contributed by atoms with E-state index in [9.17, 15) is 14.7 Å². The van der Waals surface area contributed by atoms with Gasteiger partial charge in [-0.1, -0.05) is 20.8 Å². The first kappa shape index (κ1) is 16.2. The molecule has 0 saturated carbocycles. The number of carbonyl (C=O) groups is 2. The highest BCUT2D eigenvalue weighted by Crippen LogP contribution is 2.20. The number of amides is 2. The molecule has 0 radical (unpaired) electrons. The smallest absolute Gasteiger partial charge is 0.268 e. The summed E-state index contributed by atoms with van der Waals surface area (Å²) >= 11 is 0. The molecule has 1 unspecified atom stereocenters. The van der Waals surface area contributed by atoms with Gasteiger partial charge in [0.15, 0.2) is 0 Å². The number of nitrogens with one attached hydrogen (secondary N) is 1. The van der Waals surface area contributed by atoms with Crippen LogP contribution in [0.2, 0.25) is 0 Å². The molecule has 1 rings (SSSR count). The van der Waals surface area contributed by atoms with E-state index < -0.39 is 5.91 Å². The van der Waals surface area contributed by atoms with E-state index in [4.69, 9.17) is 5.73 Å². The van der Waals surface area contributed by atoms with Crippen LogP contribution < -0.4 is 11.1 Å². The van der Waals surface area contributed by atoms with Gasteiger partial charge in [0.25, 0.3) is 5.91 Å². The highest BCUT2D eigenvalue weighted by Gasteiger charge is 2.22. The molecule has 6 nitrogen and oxygen atoms in total. The van der Waals surface area contributed by atoms with E-state index in [-0.39, 0.29) is 29.5 Å². The molecule has 1 heterocycles. The third-order valence-electron chi connectivity index (χ3n) is 2.94. The highest BCUT2D eigenvalue weighted by atomic mass is 16.3. The number of nitrogens with two attached hydrogens (primary N) is 1. The van der Waals surface area contributed by atoms with Crippen LogP contribution in [0.1, 0.15) is 48.0 Å². The van der Waals surface area contributed by atoms with Crippen molar-refractivity contribution in [3.05, 3.63) is 23.5 Å². The molecule has 1 aromatic rings. The second kappa shape index (κ2) is 6.09. The molecule has 1 atom stereocenters. The van der Waals surface area contributed by atoms with Crippen molar-refractivity contribution in [2.45, 2.75) is 33.2 Å². The second-order valence-electron chi connectivity index (χ2n) is 6.21. The molecule has 6 heteroatoms. The molecule has 0 spiro atoms. The van der Waals surface area contributed by atoms with E-state index >= 15 is 0 Å². The minimum Gasteiger partial charge on any atom is -0.394 e. The van der Waals surface area contributed by atoms with Crippen LogP contribution in [-0.2, 0) is 7.05 Å². The standard InChI is InChI=1S/C14H23N3O3/c1-14(2,3)6-10(8-18)16-13(20)11-5-9(12(15)19)7-17(11)4/h5,7,10,18H,6,8H2,1-4H3,(H2,15,19)(H,16,20). The monoisotopic (exact) mass is 281 g/mol. The lowest BCUT2D eigenvalue weighted by molar-refractivity contribution is 0.0889. The first-order valence-electron chi connectivity index (χ1n) is 6.52. The van der Waals surface area contributed by atoms with Gasteiger partial charge in [-0.2, -0.15) is 0 Å². The Kier molecular flexibility index (Phi) is 4.94. The summed E-state index contributed by atoms with van der Waals surface area (Å²) in [7, 11) is 1.67. The summed E-state index contributed by atoms with van der Waals surface area (Å²) in [6, 6.07) is 1.12. The number of aliphatic hydroxyl groups is 1. The Labute approximate surface area is 119 Å². The van der Waals surface area contributed by atoms with E-state index in [0.717, 1.165) is 0 Å². The number of primary amides is 1. The summed E-state index contributed by atoms with van der Waals surface area (Å²) in [6.07, 6.45) is 2.16. The van der Waals surface area contributed by atoms with Gasteiger partial charge in [-0.05, 0) is 17.9 Å². The zero-order valence-electron chi connectivity index (χ0n) is 12.4. The van der Waals surface area contributed by atoms with Crippen LogP contribution in [0.3, 0.4) is 0 Å². The van der Waals surface area contributed by atoms with Crippen LogP contribution in [0, 0.1) is 5.41 Å². The lowest BCUT2D eigenvalue weighted by Crippen LogP contribution is -2.40. The van der Waals surface area contributed by atoms with Crippen molar-refractivity contribution in [2.24, 2.45) is 18.2 Å². The number of aromatic nitrogens is 1. The second-order valence-corrected chi connectivity index (χ2v) is 6.21. The fourth-order valence-corrected chi connectivity index (χ4v) is 2.08. The Morgan fingerprint density at radius 2 is 2.05 bits per heavy atom. The van der Waals surface area contributed by atoms with E-state index in [1.54, 1.807) is 11.6 Å². The number of aliphatic hydroxyl groups excluding tert-OH is 1. The van der Waals surface area contributed by atoms with Gasteiger partial charge in [0.1, 0.15) is 5.69 Å². The van der Waals surface area contributed by atoms with Gasteiger partial charge in [-0.3, -0.25) is 9.59 Å². The number of nitrogens with zero attached hydrogens (tertiary/aromatic N) is 1. The van der Waals surface area contributed by atoms with Gasteiger partial charge in [0, 0.05) is 13.2 Å². The number of aryl methyl sites for hydroxylation is 1. The van der Waals surface area contributed by atoms with Gasteiger partial charge >= 0.3 is 0 Å². The summed E-state index contributed by atoms with van der Waals surface area (Å²) < 4.78 is 1.54. The predicted molar refractivity (Wildman–Crippen MR) is 76.3 cm³/mol. The Morgan fingerprint density at radius 3 is 2.45 bits per heavy atom. The third kappa shape index (κ3) is 4.38. The molecule has 0 fully saturated rings. The number of hydrogen-bond donors (Lipinski definition) is 3. The summed E-state index contributed by atoms with van der Waals surface area (Å²) in [6.45, 7) is 5.98. The van der Waals surface area contributed by atoms with Crippen molar-refractivity contribution >= 4 is 11.8 Å². The average molecular weight is 281 g/mol. The molecule has 0 aromatic carbocycles. The minimum atomic E-state index is -0.576. The topological polar surface area (TPSA) is 97.4 Å². The maximum atomic E-state index is 12.2. The number of hydrogen-bond acceptors (Lipinski definition) is 3. The number of rotatable bonds is 5. The van der Waals surface area contributed by atoms with Crippen molar-refractivity contribution in [3.63, 3.8) is 0 Å². The number of carbonyl (C=O) groups excluding carboxylic acids is 2.